The molecule has 0 bridgehead atoms. The molecule has 0 aliphatic heterocycles. The number of hydrogen-bond acceptors (Lipinski definition) is 1. The Hall–Kier alpha value is -1.86. The molecule has 0 aliphatic carbocycles. The summed E-state index contributed by atoms with van der Waals surface area (Å²) in [5.41, 5.74) is 2.46. The van der Waals surface area contributed by atoms with Gasteiger partial charge in [0.2, 0.25) is 0 Å². The highest BCUT2D eigenvalue weighted by atomic mass is 16.3. The Kier molecular flexibility index (Phi) is 5.39. The number of rotatable bonds is 6. The Morgan fingerprint density at radius 3 is 2.21 bits per heavy atom. The Labute approximate surface area is 115 Å². The van der Waals surface area contributed by atoms with Crippen molar-refractivity contribution in [3.05, 3.63) is 77.9 Å². The third-order valence-corrected chi connectivity index (χ3v) is 3.13. The molecule has 1 N–H and O–H groups in total. The first kappa shape index (κ1) is 13.6. The molecule has 2 rings (SSSR count). The van der Waals surface area contributed by atoms with E-state index in [0.29, 0.717) is 6.42 Å². The fraction of sp³-hybridized carbons (Fsp3) is 0.222. The zero-order valence-electron chi connectivity index (χ0n) is 11.1. The summed E-state index contributed by atoms with van der Waals surface area (Å²) in [6.45, 7) is 0. The normalized spacial score (nSPS) is 12.7. The average molecular weight is 252 g/mol. The van der Waals surface area contributed by atoms with Crippen LogP contribution in [-0.4, -0.2) is 11.2 Å². The minimum Gasteiger partial charge on any atom is -0.393 e. The van der Waals surface area contributed by atoms with E-state index >= 15 is 0 Å². The van der Waals surface area contributed by atoms with Gasteiger partial charge in [-0.2, -0.15) is 0 Å². The zero-order valence-corrected chi connectivity index (χ0v) is 11.1. The van der Waals surface area contributed by atoms with Crippen LogP contribution in [0.2, 0.25) is 0 Å². The highest BCUT2D eigenvalue weighted by Crippen LogP contribution is 2.09. The van der Waals surface area contributed by atoms with Crippen LogP contribution in [0.3, 0.4) is 0 Å². The summed E-state index contributed by atoms with van der Waals surface area (Å²) in [5, 5.41) is 9.94. The zero-order chi connectivity index (χ0) is 13.3. The molecule has 19 heavy (non-hydrogen) atoms. The van der Waals surface area contributed by atoms with Gasteiger partial charge in [0.05, 0.1) is 6.10 Å². The molecule has 1 unspecified atom stereocenters. The third kappa shape index (κ3) is 5.11. The minimum absolute atomic E-state index is 0.264. The molecule has 0 saturated carbocycles. The molecular formula is C18H20O. The monoisotopic (exact) mass is 252 g/mol. The SMILES string of the molecule is OC(C/C=C/c1ccccc1)CCc1ccccc1. The van der Waals surface area contributed by atoms with Crippen molar-refractivity contribution in [2.45, 2.75) is 25.4 Å². The molecule has 0 saturated heterocycles. The molecular weight excluding hydrogens is 232 g/mol. The van der Waals surface area contributed by atoms with Crippen LogP contribution >= 0.6 is 0 Å². The molecule has 2 aromatic carbocycles. The van der Waals surface area contributed by atoms with E-state index in [-0.39, 0.29) is 6.10 Å². The van der Waals surface area contributed by atoms with Crippen molar-refractivity contribution < 1.29 is 5.11 Å². The first-order valence-corrected chi connectivity index (χ1v) is 6.78. The van der Waals surface area contributed by atoms with E-state index in [1.54, 1.807) is 0 Å². The minimum atomic E-state index is -0.264. The van der Waals surface area contributed by atoms with Gasteiger partial charge in [-0.25, -0.2) is 0 Å². The van der Waals surface area contributed by atoms with Gasteiger partial charge in [-0.05, 0) is 30.4 Å². The highest BCUT2D eigenvalue weighted by molar-refractivity contribution is 5.48. The first-order valence-electron chi connectivity index (χ1n) is 6.78. The van der Waals surface area contributed by atoms with Crippen molar-refractivity contribution in [2.75, 3.05) is 0 Å². The largest absolute Gasteiger partial charge is 0.393 e. The topological polar surface area (TPSA) is 20.2 Å². The van der Waals surface area contributed by atoms with E-state index in [2.05, 4.69) is 30.3 Å². The fourth-order valence-corrected chi connectivity index (χ4v) is 2.02. The van der Waals surface area contributed by atoms with Gasteiger partial charge in [0.25, 0.3) is 0 Å². The van der Waals surface area contributed by atoms with Gasteiger partial charge in [0.15, 0.2) is 0 Å². The van der Waals surface area contributed by atoms with Crippen molar-refractivity contribution >= 4 is 6.08 Å². The molecule has 0 amide bonds. The molecule has 0 radical (unpaired) electrons. The highest BCUT2D eigenvalue weighted by Gasteiger charge is 2.02. The Morgan fingerprint density at radius 2 is 1.53 bits per heavy atom. The molecule has 98 valence electrons. The lowest BCUT2D eigenvalue weighted by Crippen LogP contribution is -2.06. The summed E-state index contributed by atoms with van der Waals surface area (Å²) in [4.78, 5) is 0. The second-order valence-corrected chi connectivity index (χ2v) is 4.73. The number of aryl methyl sites for hydroxylation is 1. The lowest BCUT2D eigenvalue weighted by atomic mass is 10.0. The van der Waals surface area contributed by atoms with Crippen molar-refractivity contribution in [1.82, 2.24) is 0 Å². The molecule has 0 aromatic heterocycles. The second kappa shape index (κ2) is 7.55. The van der Waals surface area contributed by atoms with Gasteiger partial charge in [-0.3, -0.25) is 0 Å². The van der Waals surface area contributed by atoms with Crippen LogP contribution in [0.15, 0.2) is 66.7 Å². The second-order valence-electron chi connectivity index (χ2n) is 4.73. The molecule has 1 nitrogen and oxygen atoms in total. The van der Waals surface area contributed by atoms with E-state index in [4.69, 9.17) is 0 Å². The van der Waals surface area contributed by atoms with Crippen LogP contribution in [0, 0.1) is 0 Å². The van der Waals surface area contributed by atoms with Crippen molar-refractivity contribution in [3.63, 3.8) is 0 Å². The number of benzene rings is 2. The maximum atomic E-state index is 9.94. The van der Waals surface area contributed by atoms with Gasteiger partial charge in [-0.15, -0.1) is 0 Å². The number of hydrogen-bond donors (Lipinski definition) is 1. The summed E-state index contributed by atoms with van der Waals surface area (Å²) in [6.07, 6.45) is 6.29. The van der Waals surface area contributed by atoms with E-state index in [1.807, 2.05) is 42.5 Å². The van der Waals surface area contributed by atoms with Crippen LogP contribution in [-0.2, 0) is 6.42 Å². The number of aliphatic hydroxyl groups is 1. The molecule has 1 heteroatoms. The summed E-state index contributed by atoms with van der Waals surface area (Å²) < 4.78 is 0. The first-order chi connectivity index (χ1) is 9.34. The van der Waals surface area contributed by atoms with E-state index in [0.717, 1.165) is 12.8 Å². The van der Waals surface area contributed by atoms with E-state index in [1.165, 1.54) is 11.1 Å². The molecule has 1 atom stereocenters. The Bertz CT molecular complexity index is 488. The quantitative estimate of drug-likeness (QED) is 0.821. The average Bonchev–Trinajstić information content (AvgIpc) is 2.47. The van der Waals surface area contributed by atoms with Crippen molar-refractivity contribution in [3.8, 4) is 0 Å². The molecule has 0 aliphatic rings. The summed E-state index contributed by atoms with van der Waals surface area (Å²) in [5.74, 6) is 0. The predicted molar refractivity (Wildman–Crippen MR) is 80.9 cm³/mol. The Morgan fingerprint density at radius 1 is 0.895 bits per heavy atom. The van der Waals surface area contributed by atoms with Gasteiger partial charge < -0.3 is 5.11 Å². The van der Waals surface area contributed by atoms with Gasteiger partial charge in [0.1, 0.15) is 0 Å². The lowest BCUT2D eigenvalue weighted by molar-refractivity contribution is 0.168. The van der Waals surface area contributed by atoms with Gasteiger partial charge >= 0.3 is 0 Å². The summed E-state index contributed by atoms with van der Waals surface area (Å²) in [7, 11) is 0. The summed E-state index contributed by atoms with van der Waals surface area (Å²) in [6, 6.07) is 20.5. The van der Waals surface area contributed by atoms with Crippen LogP contribution in [0.25, 0.3) is 6.08 Å². The van der Waals surface area contributed by atoms with E-state index < -0.39 is 0 Å². The van der Waals surface area contributed by atoms with Crippen molar-refractivity contribution in [1.29, 1.82) is 0 Å². The third-order valence-electron chi connectivity index (χ3n) is 3.13. The van der Waals surface area contributed by atoms with Crippen LogP contribution in [0.5, 0.6) is 0 Å². The van der Waals surface area contributed by atoms with Gasteiger partial charge in [-0.1, -0.05) is 72.8 Å². The maximum Gasteiger partial charge on any atom is 0.0577 e. The Balaban J connectivity index is 1.73. The number of aliphatic hydroxyl groups excluding tert-OH is 1. The van der Waals surface area contributed by atoms with Crippen LogP contribution in [0.4, 0.5) is 0 Å². The van der Waals surface area contributed by atoms with Gasteiger partial charge in [0, 0.05) is 0 Å². The van der Waals surface area contributed by atoms with Crippen LogP contribution in [0.1, 0.15) is 24.0 Å². The standard InChI is InChI=1S/C18H20O/c19-18(15-14-17-10-5-2-6-11-17)13-7-12-16-8-3-1-4-9-16/h1-12,18-19H,13-15H2/b12-7+. The molecule has 0 fully saturated rings. The maximum absolute atomic E-state index is 9.94. The summed E-state index contributed by atoms with van der Waals surface area (Å²) >= 11 is 0. The van der Waals surface area contributed by atoms with E-state index in [9.17, 15) is 5.11 Å². The fourth-order valence-electron chi connectivity index (χ4n) is 2.02. The molecule has 0 spiro atoms. The predicted octanol–water partition coefficient (Wildman–Crippen LogP) is 4.08. The smallest absolute Gasteiger partial charge is 0.0577 e. The molecule has 2 aromatic rings. The van der Waals surface area contributed by atoms with Crippen molar-refractivity contribution in [2.24, 2.45) is 0 Å². The van der Waals surface area contributed by atoms with Crippen LogP contribution < -0.4 is 0 Å². The lowest BCUT2D eigenvalue weighted by Gasteiger charge is -2.07. The molecule has 0 heterocycles.